The maximum absolute atomic E-state index is 12.6. The van der Waals surface area contributed by atoms with E-state index in [1.54, 1.807) is 12.1 Å². The van der Waals surface area contributed by atoms with E-state index >= 15 is 0 Å². The minimum atomic E-state index is -3.60. The van der Waals surface area contributed by atoms with Crippen LogP contribution in [0, 0.1) is 0 Å². The van der Waals surface area contributed by atoms with E-state index in [4.69, 9.17) is 9.47 Å². The van der Waals surface area contributed by atoms with Crippen molar-refractivity contribution in [2.45, 2.75) is 17.9 Å². The molecule has 2 aromatic carbocycles. The molecule has 1 aliphatic heterocycles. The summed E-state index contributed by atoms with van der Waals surface area (Å²) in [6.07, 6.45) is 0. The summed E-state index contributed by atoms with van der Waals surface area (Å²) in [5, 5.41) is 2.88. The number of fused-ring (bicyclic) bond motifs is 1. The van der Waals surface area contributed by atoms with Crippen LogP contribution in [-0.4, -0.2) is 45.9 Å². The number of benzene rings is 2. The molecule has 1 N–H and O–H groups in total. The highest BCUT2D eigenvalue weighted by Gasteiger charge is 2.20. The van der Waals surface area contributed by atoms with Crippen LogP contribution in [0.3, 0.4) is 0 Å². The maximum atomic E-state index is 12.6. The van der Waals surface area contributed by atoms with E-state index in [9.17, 15) is 13.2 Å². The average molecular weight is 390 g/mol. The lowest BCUT2D eigenvalue weighted by molar-refractivity contribution is 0.0939. The summed E-state index contributed by atoms with van der Waals surface area (Å²) in [6, 6.07) is 11.2. The number of nitrogens with one attached hydrogen (secondary N) is 1. The van der Waals surface area contributed by atoms with Gasteiger partial charge in [0.1, 0.15) is 13.2 Å². The Balaban J connectivity index is 1.77. The number of hydrogen-bond acceptors (Lipinski definition) is 5. The van der Waals surface area contributed by atoms with Crippen molar-refractivity contribution in [3.8, 4) is 11.5 Å². The fourth-order valence-electron chi connectivity index (χ4n) is 2.70. The SMILES string of the molecule is C[C@H](NC(=O)c1cccc(S(=O)(=O)N(C)C)c1)c1ccc2c(c1)OCCO2. The highest BCUT2D eigenvalue weighted by molar-refractivity contribution is 7.89. The van der Waals surface area contributed by atoms with Gasteiger partial charge >= 0.3 is 0 Å². The summed E-state index contributed by atoms with van der Waals surface area (Å²) < 4.78 is 36.7. The van der Waals surface area contributed by atoms with Gasteiger partial charge in [0, 0.05) is 19.7 Å². The molecule has 0 unspecified atom stereocenters. The van der Waals surface area contributed by atoms with Crippen molar-refractivity contribution in [1.29, 1.82) is 0 Å². The number of carbonyl (C=O) groups excluding carboxylic acids is 1. The number of hydrogen-bond donors (Lipinski definition) is 1. The molecule has 0 radical (unpaired) electrons. The molecule has 144 valence electrons. The van der Waals surface area contributed by atoms with Crippen LogP contribution in [0.2, 0.25) is 0 Å². The molecule has 7 nitrogen and oxygen atoms in total. The zero-order chi connectivity index (χ0) is 19.6. The molecule has 0 aliphatic carbocycles. The number of carbonyl (C=O) groups is 1. The van der Waals surface area contributed by atoms with Gasteiger partial charge in [0.25, 0.3) is 5.91 Å². The molecular formula is C19H22N2O5S. The average Bonchev–Trinajstić information content (AvgIpc) is 2.67. The minimum Gasteiger partial charge on any atom is -0.486 e. The highest BCUT2D eigenvalue weighted by Crippen LogP contribution is 2.32. The Kier molecular flexibility index (Phi) is 5.38. The smallest absolute Gasteiger partial charge is 0.251 e. The van der Waals surface area contributed by atoms with Gasteiger partial charge in [-0.1, -0.05) is 12.1 Å². The van der Waals surface area contributed by atoms with E-state index in [0.29, 0.717) is 24.7 Å². The van der Waals surface area contributed by atoms with Crippen LogP contribution in [0.1, 0.15) is 28.9 Å². The molecule has 0 bridgehead atoms. The third-order valence-corrected chi connectivity index (χ3v) is 6.10. The number of amides is 1. The molecule has 1 heterocycles. The molecule has 1 atom stereocenters. The standard InChI is InChI=1S/C19H22N2O5S/c1-13(14-7-8-17-18(12-14)26-10-9-25-17)20-19(22)15-5-4-6-16(11-15)27(23,24)21(2)3/h4-8,11-13H,9-10H2,1-3H3,(H,20,22)/t13-/m0/s1. The molecule has 0 fully saturated rings. The second-order valence-electron chi connectivity index (χ2n) is 6.41. The first kappa shape index (κ1) is 19.2. The van der Waals surface area contributed by atoms with Crippen molar-refractivity contribution in [3.63, 3.8) is 0 Å². The van der Waals surface area contributed by atoms with Crippen molar-refractivity contribution in [2.75, 3.05) is 27.3 Å². The van der Waals surface area contributed by atoms with Gasteiger partial charge in [0.05, 0.1) is 10.9 Å². The highest BCUT2D eigenvalue weighted by atomic mass is 32.2. The minimum absolute atomic E-state index is 0.0760. The number of nitrogens with zero attached hydrogens (tertiary/aromatic N) is 1. The predicted octanol–water partition coefficient (Wildman–Crippen LogP) is 2.20. The lowest BCUT2D eigenvalue weighted by atomic mass is 10.1. The molecule has 0 saturated carbocycles. The maximum Gasteiger partial charge on any atom is 0.251 e. The first-order chi connectivity index (χ1) is 12.8. The second-order valence-corrected chi connectivity index (χ2v) is 8.57. The largest absolute Gasteiger partial charge is 0.486 e. The van der Waals surface area contributed by atoms with Gasteiger partial charge in [-0.25, -0.2) is 12.7 Å². The Morgan fingerprint density at radius 2 is 1.78 bits per heavy atom. The summed E-state index contributed by atoms with van der Waals surface area (Å²) in [5.74, 6) is 0.984. The summed E-state index contributed by atoms with van der Waals surface area (Å²) in [4.78, 5) is 12.7. The molecule has 1 aliphatic rings. The Bertz CT molecular complexity index is 956. The van der Waals surface area contributed by atoms with Crippen molar-refractivity contribution >= 4 is 15.9 Å². The molecule has 0 spiro atoms. The molecular weight excluding hydrogens is 368 g/mol. The summed E-state index contributed by atoms with van der Waals surface area (Å²) >= 11 is 0. The lowest BCUT2D eigenvalue weighted by Crippen LogP contribution is -2.27. The van der Waals surface area contributed by atoms with E-state index in [-0.39, 0.29) is 22.4 Å². The first-order valence-corrected chi connectivity index (χ1v) is 9.96. The zero-order valence-corrected chi connectivity index (χ0v) is 16.2. The van der Waals surface area contributed by atoms with Crippen LogP contribution in [0.4, 0.5) is 0 Å². The number of rotatable bonds is 5. The Morgan fingerprint density at radius 3 is 2.48 bits per heavy atom. The Labute approximate surface area is 158 Å². The Hall–Kier alpha value is -2.58. The molecule has 2 aromatic rings. The molecule has 8 heteroatoms. The van der Waals surface area contributed by atoms with Crippen molar-refractivity contribution < 1.29 is 22.7 Å². The van der Waals surface area contributed by atoms with Crippen molar-refractivity contribution in [2.24, 2.45) is 0 Å². The van der Waals surface area contributed by atoms with Crippen LogP contribution in [0.15, 0.2) is 47.4 Å². The first-order valence-electron chi connectivity index (χ1n) is 8.52. The van der Waals surface area contributed by atoms with Crippen molar-refractivity contribution in [3.05, 3.63) is 53.6 Å². The lowest BCUT2D eigenvalue weighted by Gasteiger charge is -2.21. The summed E-state index contributed by atoms with van der Waals surface area (Å²) in [6.45, 7) is 2.86. The van der Waals surface area contributed by atoms with Crippen LogP contribution >= 0.6 is 0 Å². The van der Waals surface area contributed by atoms with Crippen LogP contribution < -0.4 is 14.8 Å². The molecule has 1 amide bonds. The quantitative estimate of drug-likeness (QED) is 0.846. The third-order valence-electron chi connectivity index (χ3n) is 4.29. The molecule has 0 saturated heterocycles. The summed E-state index contributed by atoms with van der Waals surface area (Å²) in [5.41, 5.74) is 1.15. The van der Waals surface area contributed by atoms with Crippen LogP contribution in [0.25, 0.3) is 0 Å². The molecule has 27 heavy (non-hydrogen) atoms. The molecule has 0 aromatic heterocycles. The van der Waals surface area contributed by atoms with E-state index in [0.717, 1.165) is 9.87 Å². The van der Waals surface area contributed by atoms with Crippen LogP contribution in [0.5, 0.6) is 11.5 Å². The molecule has 3 rings (SSSR count). The number of ether oxygens (including phenoxy) is 2. The van der Waals surface area contributed by atoms with E-state index in [2.05, 4.69) is 5.32 Å². The number of sulfonamides is 1. The van der Waals surface area contributed by atoms with E-state index in [1.165, 1.54) is 26.2 Å². The topological polar surface area (TPSA) is 84.9 Å². The van der Waals surface area contributed by atoms with Gasteiger partial charge in [0.15, 0.2) is 11.5 Å². The summed E-state index contributed by atoms with van der Waals surface area (Å²) in [7, 11) is -0.700. The second kappa shape index (κ2) is 7.58. The Morgan fingerprint density at radius 1 is 1.07 bits per heavy atom. The van der Waals surface area contributed by atoms with Gasteiger partial charge in [-0.3, -0.25) is 4.79 Å². The van der Waals surface area contributed by atoms with Gasteiger partial charge in [-0.15, -0.1) is 0 Å². The van der Waals surface area contributed by atoms with E-state index < -0.39 is 10.0 Å². The zero-order valence-electron chi connectivity index (χ0n) is 15.4. The third kappa shape index (κ3) is 4.06. The van der Waals surface area contributed by atoms with Crippen molar-refractivity contribution in [1.82, 2.24) is 9.62 Å². The van der Waals surface area contributed by atoms with Gasteiger partial charge < -0.3 is 14.8 Å². The van der Waals surface area contributed by atoms with Gasteiger partial charge in [-0.2, -0.15) is 0 Å². The fraction of sp³-hybridized carbons (Fsp3) is 0.316. The van der Waals surface area contributed by atoms with Crippen LogP contribution in [-0.2, 0) is 10.0 Å². The fourth-order valence-corrected chi connectivity index (χ4v) is 3.65. The van der Waals surface area contributed by atoms with E-state index in [1.807, 2.05) is 25.1 Å². The monoisotopic (exact) mass is 390 g/mol. The predicted molar refractivity (Wildman–Crippen MR) is 101 cm³/mol. The normalized spacial score (nSPS) is 14.7. The van der Waals surface area contributed by atoms with Gasteiger partial charge in [0.2, 0.25) is 10.0 Å². The van der Waals surface area contributed by atoms with Gasteiger partial charge in [-0.05, 0) is 42.8 Å².